The molecule has 1 aromatic rings. The molecule has 0 spiro atoms. The Hall–Kier alpha value is -1.59. The Balaban J connectivity index is 1.45. The van der Waals surface area contributed by atoms with E-state index in [1.54, 1.807) is 0 Å². The minimum Gasteiger partial charge on any atom is -0.490 e. The van der Waals surface area contributed by atoms with Gasteiger partial charge < -0.3 is 18.9 Å². The molecule has 29 heavy (non-hydrogen) atoms. The lowest BCUT2D eigenvalue weighted by Crippen LogP contribution is -2.48. The summed E-state index contributed by atoms with van der Waals surface area (Å²) in [5.74, 6) is 2.53. The Morgan fingerprint density at radius 1 is 1.10 bits per heavy atom. The number of rotatable bonds is 5. The second-order valence-electron chi connectivity index (χ2n) is 10.2. The number of hydrogen-bond acceptors (Lipinski definition) is 5. The van der Waals surface area contributed by atoms with E-state index in [9.17, 15) is 4.79 Å². The van der Waals surface area contributed by atoms with Crippen molar-refractivity contribution >= 4 is 5.97 Å². The number of esters is 1. The molecular formula is C24H32O5. The summed E-state index contributed by atoms with van der Waals surface area (Å²) in [7, 11) is 1.44. The minimum atomic E-state index is -0.550. The number of methoxy groups -OCH3 is 1. The van der Waals surface area contributed by atoms with Gasteiger partial charge in [0, 0.05) is 5.56 Å². The van der Waals surface area contributed by atoms with E-state index in [-0.39, 0.29) is 17.5 Å². The van der Waals surface area contributed by atoms with E-state index in [0.29, 0.717) is 18.8 Å². The van der Waals surface area contributed by atoms with Crippen molar-refractivity contribution in [2.24, 2.45) is 17.8 Å². The Labute approximate surface area is 173 Å². The maximum absolute atomic E-state index is 12.2. The van der Waals surface area contributed by atoms with Crippen molar-refractivity contribution in [3.63, 3.8) is 0 Å². The maximum Gasteiger partial charge on any atom is 0.337 e. The molecule has 0 aromatic heterocycles. The second kappa shape index (κ2) is 6.98. The molecule has 6 rings (SSSR count). The number of ether oxygens (including phenoxy) is 4. The fraction of sp³-hybridized carbons (Fsp3) is 0.708. The summed E-state index contributed by atoms with van der Waals surface area (Å²) in [5.41, 5.74) is 1.96. The summed E-state index contributed by atoms with van der Waals surface area (Å²) in [6.45, 7) is 4.86. The molecule has 4 saturated carbocycles. The Morgan fingerprint density at radius 2 is 1.76 bits per heavy atom. The SMILES string of the molecule is COC(=O)c1ccc(OCC2COC(C)(C)O2)c(C23CC4CC(CC(C4)C2)C3)c1. The summed E-state index contributed by atoms with van der Waals surface area (Å²) in [4.78, 5) is 12.2. The van der Waals surface area contributed by atoms with Crippen LogP contribution in [-0.2, 0) is 19.6 Å². The quantitative estimate of drug-likeness (QED) is 0.683. The van der Waals surface area contributed by atoms with Gasteiger partial charge in [0.15, 0.2) is 5.79 Å². The Morgan fingerprint density at radius 3 is 2.31 bits per heavy atom. The molecular weight excluding hydrogens is 368 g/mol. The standard InChI is InChI=1S/C24H32O5/c1-23(2)28-14-19(29-23)13-27-21-5-4-18(22(25)26-3)9-20(21)24-10-15-6-16(11-24)8-17(7-15)12-24/h4-5,9,15-17,19H,6-8,10-14H2,1-3H3. The highest BCUT2D eigenvalue weighted by Crippen LogP contribution is 2.62. The van der Waals surface area contributed by atoms with Gasteiger partial charge in [-0.2, -0.15) is 0 Å². The van der Waals surface area contributed by atoms with Gasteiger partial charge in [0.25, 0.3) is 0 Å². The van der Waals surface area contributed by atoms with Crippen LogP contribution in [0, 0.1) is 17.8 Å². The van der Waals surface area contributed by atoms with Gasteiger partial charge in [0.1, 0.15) is 18.5 Å². The van der Waals surface area contributed by atoms with Crippen molar-refractivity contribution in [1.29, 1.82) is 0 Å². The average Bonchev–Trinajstić information content (AvgIpc) is 3.03. The minimum absolute atomic E-state index is 0.0745. The van der Waals surface area contributed by atoms with Crippen LogP contribution in [0.4, 0.5) is 0 Å². The molecule has 1 aliphatic heterocycles. The predicted molar refractivity (Wildman–Crippen MR) is 108 cm³/mol. The fourth-order valence-electron chi connectivity index (χ4n) is 6.78. The number of carbonyl (C=O) groups is 1. The van der Waals surface area contributed by atoms with Crippen LogP contribution in [0.25, 0.3) is 0 Å². The largest absolute Gasteiger partial charge is 0.490 e. The smallest absolute Gasteiger partial charge is 0.337 e. The normalized spacial score (nSPS) is 36.9. The van der Waals surface area contributed by atoms with E-state index in [1.165, 1.54) is 51.2 Å². The number of hydrogen-bond donors (Lipinski definition) is 0. The Kier molecular flexibility index (Phi) is 4.67. The van der Waals surface area contributed by atoms with Crippen LogP contribution in [0.5, 0.6) is 5.75 Å². The van der Waals surface area contributed by atoms with Crippen LogP contribution in [0.2, 0.25) is 0 Å². The van der Waals surface area contributed by atoms with Crippen LogP contribution in [0.1, 0.15) is 68.3 Å². The van der Waals surface area contributed by atoms with Gasteiger partial charge in [-0.15, -0.1) is 0 Å². The summed E-state index contributed by atoms with van der Waals surface area (Å²) >= 11 is 0. The maximum atomic E-state index is 12.2. The molecule has 1 heterocycles. The molecule has 4 aliphatic carbocycles. The topological polar surface area (TPSA) is 54.0 Å². The van der Waals surface area contributed by atoms with Crippen molar-refractivity contribution in [3.05, 3.63) is 29.3 Å². The predicted octanol–water partition coefficient (Wildman–Crippen LogP) is 4.47. The van der Waals surface area contributed by atoms with Gasteiger partial charge in [0.2, 0.25) is 0 Å². The number of benzene rings is 1. The molecule has 1 aromatic carbocycles. The lowest BCUT2D eigenvalue weighted by molar-refractivity contribution is -0.141. The molecule has 4 bridgehead atoms. The van der Waals surface area contributed by atoms with Gasteiger partial charge in [-0.1, -0.05) is 0 Å². The van der Waals surface area contributed by atoms with Crippen molar-refractivity contribution in [1.82, 2.24) is 0 Å². The lowest BCUT2D eigenvalue weighted by Gasteiger charge is -2.57. The molecule has 158 valence electrons. The van der Waals surface area contributed by atoms with E-state index in [0.717, 1.165) is 23.5 Å². The third kappa shape index (κ3) is 3.57. The summed E-state index contributed by atoms with van der Waals surface area (Å²) < 4.78 is 22.9. The molecule has 1 unspecified atom stereocenters. The lowest BCUT2D eigenvalue weighted by atomic mass is 9.48. The van der Waals surface area contributed by atoms with Gasteiger partial charge in [0.05, 0.1) is 19.3 Å². The Bertz CT molecular complexity index is 763. The van der Waals surface area contributed by atoms with Crippen molar-refractivity contribution < 1.29 is 23.7 Å². The first-order chi connectivity index (χ1) is 13.9. The van der Waals surface area contributed by atoms with E-state index in [4.69, 9.17) is 18.9 Å². The zero-order valence-corrected chi connectivity index (χ0v) is 17.7. The highest BCUT2D eigenvalue weighted by Gasteiger charge is 2.52. The van der Waals surface area contributed by atoms with Crippen molar-refractivity contribution in [2.45, 2.75) is 69.7 Å². The van der Waals surface area contributed by atoms with Crippen LogP contribution in [0.3, 0.4) is 0 Å². The second-order valence-corrected chi connectivity index (χ2v) is 10.2. The highest BCUT2D eigenvalue weighted by atomic mass is 16.7. The molecule has 5 aliphatic rings. The molecule has 5 heteroatoms. The van der Waals surface area contributed by atoms with E-state index in [1.807, 2.05) is 32.0 Å². The summed E-state index contributed by atoms with van der Waals surface area (Å²) in [5, 5.41) is 0. The highest BCUT2D eigenvalue weighted by molar-refractivity contribution is 5.89. The average molecular weight is 401 g/mol. The van der Waals surface area contributed by atoms with Gasteiger partial charge in [-0.25, -0.2) is 4.79 Å². The van der Waals surface area contributed by atoms with Crippen LogP contribution < -0.4 is 4.74 Å². The first-order valence-electron chi connectivity index (χ1n) is 11.0. The molecule has 0 amide bonds. The van der Waals surface area contributed by atoms with E-state index < -0.39 is 5.79 Å². The van der Waals surface area contributed by atoms with Gasteiger partial charge in [-0.3, -0.25) is 0 Å². The zero-order chi connectivity index (χ0) is 20.2. The van der Waals surface area contributed by atoms with Crippen LogP contribution in [-0.4, -0.2) is 38.2 Å². The molecule has 5 nitrogen and oxygen atoms in total. The molecule has 0 N–H and O–H groups in total. The third-order valence-corrected chi connectivity index (χ3v) is 7.50. The van der Waals surface area contributed by atoms with Crippen molar-refractivity contribution in [3.8, 4) is 5.75 Å². The molecule has 5 fully saturated rings. The first-order valence-corrected chi connectivity index (χ1v) is 11.0. The van der Waals surface area contributed by atoms with Gasteiger partial charge >= 0.3 is 5.97 Å². The molecule has 1 saturated heterocycles. The molecule has 0 radical (unpaired) electrons. The molecule has 1 atom stereocenters. The van der Waals surface area contributed by atoms with E-state index in [2.05, 4.69) is 0 Å². The van der Waals surface area contributed by atoms with E-state index >= 15 is 0 Å². The summed E-state index contributed by atoms with van der Waals surface area (Å²) in [6, 6.07) is 5.83. The van der Waals surface area contributed by atoms with Gasteiger partial charge in [-0.05, 0) is 93.7 Å². The van der Waals surface area contributed by atoms with Crippen LogP contribution >= 0.6 is 0 Å². The number of carbonyl (C=O) groups excluding carboxylic acids is 1. The third-order valence-electron chi connectivity index (χ3n) is 7.50. The monoisotopic (exact) mass is 400 g/mol. The van der Waals surface area contributed by atoms with Crippen LogP contribution in [0.15, 0.2) is 18.2 Å². The van der Waals surface area contributed by atoms with Crippen molar-refractivity contribution in [2.75, 3.05) is 20.3 Å². The fourth-order valence-corrected chi connectivity index (χ4v) is 6.78. The summed E-state index contributed by atoms with van der Waals surface area (Å²) in [6.07, 6.45) is 7.73. The first kappa shape index (κ1) is 19.4. The zero-order valence-electron chi connectivity index (χ0n) is 17.7.